The molecule has 7 heteroatoms. The van der Waals surface area contributed by atoms with Crippen molar-refractivity contribution in [2.75, 3.05) is 46.0 Å². The summed E-state index contributed by atoms with van der Waals surface area (Å²) < 4.78 is 17.5. The van der Waals surface area contributed by atoms with Crippen LogP contribution in [-0.2, 0) is 4.74 Å². The molecule has 184 valence electrons. The Morgan fingerprint density at radius 2 is 1.83 bits per heavy atom. The van der Waals surface area contributed by atoms with Crippen LogP contribution in [0.25, 0.3) is 11.0 Å². The normalized spacial score (nSPS) is 18.3. The van der Waals surface area contributed by atoms with Gasteiger partial charge in [-0.3, -0.25) is 14.5 Å². The highest BCUT2D eigenvalue weighted by Gasteiger charge is 2.42. The van der Waals surface area contributed by atoms with Crippen LogP contribution in [0.3, 0.4) is 0 Å². The lowest BCUT2D eigenvalue weighted by molar-refractivity contribution is 0.0314. The van der Waals surface area contributed by atoms with E-state index in [9.17, 15) is 9.59 Å². The lowest BCUT2D eigenvalue weighted by Gasteiger charge is -2.31. The van der Waals surface area contributed by atoms with Gasteiger partial charge in [0.1, 0.15) is 11.3 Å². The molecule has 7 nitrogen and oxygen atoms in total. The van der Waals surface area contributed by atoms with Crippen LogP contribution in [-0.4, -0.2) is 61.7 Å². The molecule has 1 amide bonds. The van der Waals surface area contributed by atoms with E-state index in [4.69, 9.17) is 13.9 Å². The number of benzene rings is 2. The summed E-state index contributed by atoms with van der Waals surface area (Å²) in [4.78, 5) is 31.3. The molecule has 3 heterocycles. The van der Waals surface area contributed by atoms with Gasteiger partial charge in [-0.05, 0) is 36.2 Å². The van der Waals surface area contributed by atoms with Gasteiger partial charge in [0, 0.05) is 26.2 Å². The van der Waals surface area contributed by atoms with E-state index in [2.05, 4.69) is 11.8 Å². The van der Waals surface area contributed by atoms with Crippen LogP contribution in [0.1, 0.15) is 53.9 Å². The third kappa shape index (κ3) is 4.83. The Hall–Kier alpha value is -3.16. The van der Waals surface area contributed by atoms with E-state index in [0.717, 1.165) is 43.7 Å². The predicted octanol–water partition coefficient (Wildman–Crippen LogP) is 4.24. The van der Waals surface area contributed by atoms with Gasteiger partial charge in [0.15, 0.2) is 5.43 Å². The molecule has 1 fully saturated rings. The molecule has 0 radical (unpaired) electrons. The molecule has 0 bridgehead atoms. The number of amides is 1. The zero-order chi connectivity index (χ0) is 24.2. The second kappa shape index (κ2) is 10.6. The first kappa shape index (κ1) is 23.6. The van der Waals surface area contributed by atoms with Gasteiger partial charge in [-0.1, -0.05) is 44.0 Å². The number of nitrogens with zero attached hydrogens (tertiary/aromatic N) is 2. The number of rotatable bonds is 9. The van der Waals surface area contributed by atoms with Gasteiger partial charge >= 0.3 is 0 Å². The van der Waals surface area contributed by atoms with Gasteiger partial charge in [-0.2, -0.15) is 0 Å². The largest absolute Gasteiger partial charge is 0.494 e. The highest BCUT2D eigenvalue weighted by Crippen LogP contribution is 2.39. The lowest BCUT2D eigenvalue weighted by Crippen LogP contribution is -2.42. The summed E-state index contributed by atoms with van der Waals surface area (Å²) in [6.07, 6.45) is 3.24. The molecule has 1 saturated heterocycles. The standard InChI is InChI=1S/C28H32N2O5/c1-2-3-6-16-34-21-9-7-8-20(19-21)25-24-26(31)22-10-4-5-11-23(22)35-27(24)28(32)30(25)13-12-29-14-17-33-18-15-29/h4-5,7-11,19,25H,2-3,6,12-18H2,1H3. The second-order valence-corrected chi connectivity index (χ2v) is 9.15. The summed E-state index contributed by atoms with van der Waals surface area (Å²) in [6.45, 7) is 7.07. The van der Waals surface area contributed by atoms with E-state index in [1.54, 1.807) is 17.0 Å². The van der Waals surface area contributed by atoms with Crippen LogP contribution in [0, 0.1) is 0 Å². The Morgan fingerprint density at radius 3 is 2.66 bits per heavy atom. The van der Waals surface area contributed by atoms with Gasteiger partial charge in [0.25, 0.3) is 5.91 Å². The van der Waals surface area contributed by atoms with Crippen molar-refractivity contribution in [1.29, 1.82) is 0 Å². The number of carbonyl (C=O) groups is 1. The molecule has 3 aromatic rings. The van der Waals surface area contributed by atoms with Crippen molar-refractivity contribution in [3.8, 4) is 5.75 Å². The molecular weight excluding hydrogens is 444 g/mol. The quantitative estimate of drug-likeness (QED) is 0.430. The Balaban J connectivity index is 1.51. The number of hydrogen-bond acceptors (Lipinski definition) is 6. The summed E-state index contributed by atoms with van der Waals surface area (Å²) >= 11 is 0. The SMILES string of the molecule is CCCCCOc1cccc(C2c3c(oc4ccccc4c3=O)C(=O)N2CCN2CCOCC2)c1. The van der Waals surface area contributed by atoms with E-state index in [1.807, 2.05) is 36.4 Å². The smallest absolute Gasteiger partial charge is 0.290 e. The molecule has 0 aliphatic carbocycles. The first-order valence-corrected chi connectivity index (χ1v) is 12.6. The van der Waals surface area contributed by atoms with Crippen LogP contribution < -0.4 is 10.2 Å². The summed E-state index contributed by atoms with van der Waals surface area (Å²) in [5.74, 6) is 0.656. The van der Waals surface area contributed by atoms with E-state index < -0.39 is 6.04 Å². The number of ether oxygens (including phenoxy) is 2. The van der Waals surface area contributed by atoms with Crippen LogP contribution >= 0.6 is 0 Å². The molecule has 5 rings (SSSR count). The zero-order valence-electron chi connectivity index (χ0n) is 20.2. The Labute approximate surface area is 205 Å². The highest BCUT2D eigenvalue weighted by molar-refractivity contribution is 5.99. The number of unbranched alkanes of at least 4 members (excludes halogenated alkanes) is 2. The maximum Gasteiger partial charge on any atom is 0.290 e. The molecule has 0 saturated carbocycles. The molecule has 2 aliphatic rings. The molecule has 2 aromatic carbocycles. The summed E-state index contributed by atoms with van der Waals surface area (Å²) in [7, 11) is 0. The lowest BCUT2D eigenvalue weighted by atomic mass is 9.98. The molecule has 35 heavy (non-hydrogen) atoms. The minimum Gasteiger partial charge on any atom is -0.494 e. The molecule has 0 spiro atoms. The van der Waals surface area contributed by atoms with Gasteiger partial charge in [0.2, 0.25) is 5.76 Å². The minimum absolute atomic E-state index is 0.148. The first-order chi connectivity index (χ1) is 17.2. The third-order valence-electron chi connectivity index (χ3n) is 6.82. The predicted molar refractivity (Wildman–Crippen MR) is 134 cm³/mol. The van der Waals surface area contributed by atoms with Crippen LogP contribution in [0.15, 0.2) is 57.7 Å². The van der Waals surface area contributed by atoms with Crippen molar-refractivity contribution < 1.29 is 18.7 Å². The van der Waals surface area contributed by atoms with Crippen molar-refractivity contribution in [2.45, 2.75) is 32.2 Å². The number of morpholine rings is 1. The van der Waals surface area contributed by atoms with E-state index in [0.29, 0.717) is 49.4 Å². The average molecular weight is 477 g/mol. The third-order valence-corrected chi connectivity index (χ3v) is 6.82. The molecular formula is C28H32N2O5. The maximum absolute atomic E-state index is 13.6. The minimum atomic E-state index is -0.515. The number of carbonyl (C=O) groups excluding carboxylic acids is 1. The number of hydrogen-bond donors (Lipinski definition) is 0. The fourth-order valence-corrected chi connectivity index (χ4v) is 4.93. The molecule has 0 N–H and O–H groups in total. The maximum atomic E-state index is 13.6. The van der Waals surface area contributed by atoms with E-state index >= 15 is 0 Å². The van der Waals surface area contributed by atoms with Gasteiger partial charge in [-0.25, -0.2) is 0 Å². The van der Waals surface area contributed by atoms with Crippen LogP contribution in [0.4, 0.5) is 0 Å². The van der Waals surface area contributed by atoms with E-state index in [-0.39, 0.29) is 17.1 Å². The number of para-hydroxylation sites is 1. The number of fused-ring (bicyclic) bond motifs is 2. The van der Waals surface area contributed by atoms with Crippen LogP contribution in [0.5, 0.6) is 5.75 Å². The van der Waals surface area contributed by atoms with Crippen molar-refractivity contribution in [3.63, 3.8) is 0 Å². The van der Waals surface area contributed by atoms with Crippen LogP contribution in [0.2, 0.25) is 0 Å². The molecule has 1 aromatic heterocycles. The van der Waals surface area contributed by atoms with E-state index in [1.165, 1.54) is 0 Å². The average Bonchev–Trinajstić information content (AvgIpc) is 3.18. The van der Waals surface area contributed by atoms with Gasteiger partial charge < -0.3 is 18.8 Å². The van der Waals surface area contributed by atoms with Crippen molar-refractivity contribution in [1.82, 2.24) is 9.80 Å². The summed E-state index contributed by atoms with van der Waals surface area (Å²) in [6, 6.07) is 14.4. The van der Waals surface area contributed by atoms with Gasteiger partial charge in [0.05, 0.1) is 36.8 Å². The molecule has 1 unspecified atom stereocenters. The fourth-order valence-electron chi connectivity index (χ4n) is 4.93. The second-order valence-electron chi connectivity index (χ2n) is 9.15. The molecule has 1 atom stereocenters. The Kier molecular flexibility index (Phi) is 7.16. The Morgan fingerprint density at radius 1 is 1.00 bits per heavy atom. The summed E-state index contributed by atoms with van der Waals surface area (Å²) in [5, 5.41) is 0.492. The monoisotopic (exact) mass is 476 g/mol. The van der Waals surface area contributed by atoms with Crippen molar-refractivity contribution in [2.24, 2.45) is 0 Å². The molecule has 2 aliphatic heterocycles. The summed E-state index contributed by atoms with van der Waals surface area (Å²) in [5.41, 5.74) is 1.56. The van der Waals surface area contributed by atoms with Crippen molar-refractivity contribution in [3.05, 3.63) is 75.6 Å². The van der Waals surface area contributed by atoms with Crippen molar-refractivity contribution >= 4 is 16.9 Å². The van der Waals surface area contributed by atoms with Gasteiger partial charge in [-0.15, -0.1) is 0 Å². The first-order valence-electron chi connectivity index (χ1n) is 12.6. The topological polar surface area (TPSA) is 72.2 Å². The fraction of sp³-hybridized carbons (Fsp3) is 0.429. The zero-order valence-corrected chi connectivity index (χ0v) is 20.2. The Bertz CT molecular complexity index is 1250. The highest BCUT2D eigenvalue weighted by atomic mass is 16.5.